The molecule has 3 heteroatoms. The Balaban J connectivity index is 1.90. The van der Waals surface area contributed by atoms with Crippen molar-refractivity contribution in [2.75, 3.05) is 6.61 Å². The monoisotopic (exact) mass is 336 g/mol. The van der Waals surface area contributed by atoms with E-state index in [1.807, 2.05) is 0 Å². The van der Waals surface area contributed by atoms with Crippen molar-refractivity contribution >= 4 is 11.0 Å². The molecule has 0 unspecified atom stereocenters. The molecule has 0 aliphatic rings. The van der Waals surface area contributed by atoms with Crippen LogP contribution in [0.1, 0.15) is 51.4 Å². The second kappa shape index (κ2) is 8.19. The van der Waals surface area contributed by atoms with Crippen LogP contribution < -0.4 is 4.74 Å². The molecule has 2 aromatic carbocycles. The molecule has 0 fully saturated rings. The largest absolute Gasteiger partial charge is 0.493 e. The van der Waals surface area contributed by atoms with Gasteiger partial charge in [-0.05, 0) is 60.2 Å². The maximum atomic E-state index is 5.86. The van der Waals surface area contributed by atoms with Gasteiger partial charge in [0.1, 0.15) is 11.6 Å². The van der Waals surface area contributed by atoms with Crippen molar-refractivity contribution in [3.8, 4) is 16.9 Å². The third-order valence-electron chi connectivity index (χ3n) is 4.53. The summed E-state index contributed by atoms with van der Waals surface area (Å²) in [6.07, 6.45) is 5.38. The van der Waals surface area contributed by atoms with Crippen LogP contribution >= 0.6 is 0 Å². The van der Waals surface area contributed by atoms with E-state index in [0.717, 1.165) is 48.5 Å². The molecule has 0 radical (unpaired) electrons. The van der Waals surface area contributed by atoms with Crippen LogP contribution in [0.4, 0.5) is 0 Å². The van der Waals surface area contributed by atoms with E-state index in [-0.39, 0.29) is 0 Å². The summed E-state index contributed by atoms with van der Waals surface area (Å²) in [7, 11) is 0. The number of H-pyrrole nitrogens is 1. The van der Waals surface area contributed by atoms with E-state index in [1.165, 1.54) is 29.5 Å². The lowest BCUT2D eigenvalue weighted by atomic mass is 10.0. The molecule has 1 heterocycles. The van der Waals surface area contributed by atoms with E-state index in [9.17, 15) is 0 Å². The van der Waals surface area contributed by atoms with Crippen molar-refractivity contribution in [3.05, 3.63) is 47.8 Å². The number of hydrogen-bond donors (Lipinski definition) is 1. The molecule has 0 saturated heterocycles. The number of fused-ring (bicyclic) bond motifs is 1. The molecular weight excluding hydrogens is 308 g/mol. The lowest BCUT2D eigenvalue weighted by molar-refractivity contribution is 0.314. The molecule has 0 atom stereocenters. The fourth-order valence-corrected chi connectivity index (χ4v) is 3.09. The number of benzene rings is 2. The van der Waals surface area contributed by atoms with Crippen molar-refractivity contribution in [2.45, 2.75) is 52.9 Å². The van der Waals surface area contributed by atoms with Crippen LogP contribution in [0.5, 0.6) is 5.75 Å². The number of unbranched alkanes of at least 4 members (excludes halogenated alkanes) is 1. The lowest BCUT2D eigenvalue weighted by Crippen LogP contribution is -1.98. The van der Waals surface area contributed by atoms with Crippen LogP contribution in [0.15, 0.2) is 36.4 Å². The Labute approximate surface area is 150 Å². The van der Waals surface area contributed by atoms with Gasteiger partial charge in [0.05, 0.1) is 17.6 Å². The van der Waals surface area contributed by atoms with Crippen LogP contribution in [-0.4, -0.2) is 16.6 Å². The maximum Gasteiger partial charge on any atom is 0.122 e. The molecule has 1 aromatic heterocycles. The zero-order chi connectivity index (χ0) is 17.6. The summed E-state index contributed by atoms with van der Waals surface area (Å²) in [6.45, 7) is 7.29. The Bertz CT molecular complexity index is 835. The van der Waals surface area contributed by atoms with Crippen LogP contribution in [0, 0.1) is 0 Å². The standard InChI is InChI=1S/C22H28N2O/c1-4-7-8-22-23-19-11-9-18(15-20(19)24-22)17-10-12-21(25-13-5-2)16(6-3)14-17/h9-12,14-15H,4-8,13H2,1-3H3,(H,23,24). The number of hydrogen-bond acceptors (Lipinski definition) is 2. The SMILES string of the molecule is CCCCc1nc2ccc(-c3ccc(OCCC)c(CC)c3)cc2[nH]1. The Morgan fingerprint density at radius 3 is 2.52 bits per heavy atom. The zero-order valence-electron chi connectivity index (χ0n) is 15.6. The highest BCUT2D eigenvalue weighted by Gasteiger charge is 2.08. The van der Waals surface area contributed by atoms with E-state index in [2.05, 4.69) is 62.2 Å². The van der Waals surface area contributed by atoms with Crippen LogP contribution in [0.2, 0.25) is 0 Å². The molecule has 0 aliphatic heterocycles. The zero-order valence-corrected chi connectivity index (χ0v) is 15.6. The summed E-state index contributed by atoms with van der Waals surface area (Å²) < 4.78 is 5.86. The van der Waals surface area contributed by atoms with Crippen molar-refractivity contribution in [3.63, 3.8) is 0 Å². The molecule has 0 amide bonds. The van der Waals surface area contributed by atoms with Gasteiger partial charge < -0.3 is 9.72 Å². The van der Waals surface area contributed by atoms with E-state index in [0.29, 0.717) is 0 Å². The van der Waals surface area contributed by atoms with Crippen LogP contribution in [0.3, 0.4) is 0 Å². The summed E-state index contributed by atoms with van der Waals surface area (Å²) in [6, 6.07) is 13.0. The third kappa shape index (κ3) is 4.04. The first kappa shape index (κ1) is 17.5. The number of imidazole rings is 1. The van der Waals surface area contributed by atoms with Gasteiger partial charge in [-0.2, -0.15) is 0 Å². The quantitative estimate of drug-likeness (QED) is 0.554. The minimum atomic E-state index is 0.771. The Morgan fingerprint density at radius 2 is 1.76 bits per heavy atom. The fourth-order valence-electron chi connectivity index (χ4n) is 3.09. The van der Waals surface area contributed by atoms with Gasteiger partial charge in [-0.1, -0.05) is 39.3 Å². The van der Waals surface area contributed by atoms with Gasteiger partial charge in [0.25, 0.3) is 0 Å². The third-order valence-corrected chi connectivity index (χ3v) is 4.53. The molecule has 25 heavy (non-hydrogen) atoms. The van der Waals surface area contributed by atoms with Crippen molar-refractivity contribution in [1.29, 1.82) is 0 Å². The maximum absolute atomic E-state index is 5.86. The number of ether oxygens (including phenoxy) is 1. The predicted molar refractivity (Wildman–Crippen MR) is 105 cm³/mol. The van der Waals surface area contributed by atoms with E-state index < -0.39 is 0 Å². The first-order valence-corrected chi connectivity index (χ1v) is 9.49. The van der Waals surface area contributed by atoms with Gasteiger partial charge >= 0.3 is 0 Å². The van der Waals surface area contributed by atoms with Gasteiger partial charge in [-0.3, -0.25) is 0 Å². The molecule has 0 spiro atoms. The summed E-state index contributed by atoms with van der Waals surface area (Å²) in [4.78, 5) is 8.16. The number of aromatic nitrogens is 2. The highest BCUT2D eigenvalue weighted by Crippen LogP contribution is 2.29. The average molecular weight is 336 g/mol. The first-order chi connectivity index (χ1) is 12.2. The second-order valence-electron chi connectivity index (χ2n) is 6.54. The molecule has 0 aliphatic carbocycles. The molecule has 0 bridgehead atoms. The topological polar surface area (TPSA) is 37.9 Å². The Kier molecular flexibility index (Phi) is 5.75. The highest BCUT2D eigenvalue weighted by molar-refractivity contribution is 5.82. The molecule has 132 valence electrons. The number of rotatable bonds is 8. The summed E-state index contributed by atoms with van der Waals surface area (Å²) in [5, 5.41) is 0. The molecule has 1 N–H and O–H groups in total. The van der Waals surface area contributed by atoms with E-state index in [4.69, 9.17) is 9.72 Å². The Morgan fingerprint density at radius 1 is 0.960 bits per heavy atom. The minimum absolute atomic E-state index is 0.771. The van der Waals surface area contributed by atoms with Gasteiger partial charge in [0.2, 0.25) is 0 Å². The molecule has 3 aromatic rings. The average Bonchev–Trinajstić information content (AvgIpc) is 3.06. The number of aryl methyl sites for hydroxylation is 2. The number of nitrogens with zero attached hydrogens (tertiary/aromatic N) is 1. The van der Waals surface area contributed by atoms with Crippen LogP contribution in [0.25, 0.3) is 22.2 Å². The smallest absolute Gasteiger partial charge is 0.122 e. The van der Waals surface area contributed by atoms with Gasteiger partial charge in [-0.15, -0.1) is 0 Å². The van der Waals surface area contributed by atoms with E-state index >= 15 is 0 Å². The van der Waals surface area contributed by atoms with Crippen molar-refractivity contribution in [1.82, 2.24) is 9.97 Å². The second-order valence-corrected chi connectivity index (χ2v) is 6.54. The van der Waals surface area contributed by atoms with Gasteiger partial charge in [-0.25, -0.2) is 4.98 Å². The van der Waals surface area contributed by atoms with Crippen LogP contribution in [-0.2, 0) is 12.8 Å². The molecule has 3 nitrogen and oxygen atoms in total. The normalized spacial score (nSPS) is 11.2. The summed E-state index contributed by atoms with van der Waals surface area (Å²) >= 11 is 0. The molecule has 0 saturated carbocycles. The van der Waals surface area contributed by atoms with E-state index in [1.54, 1.807) is 0 Å². The number of aromatic amines is 1. The fraction of sp³-hybridized carbons (Fsp3) is 0.409. The summed E-state index contributed by atoms with van der Waals surface area (Å²) in [5.74, 6) is 2.10. The predicted octanol–water partition coefficient (Wildman–Crippen LogP) is 5.92. The lowest BCUT2D eigenvalue weighted by Gasteiger charge is -2.12. The van der Waals surface area contributed by atoms with Crippen molar-refractivity contribution in [2.24, 2.45) is 0 Å². The van der Waals surface area contributed by atoms with Gasteiger partial charge in [0.15, 0.2) is 0 Å². The molecule has 3 rings (SSSR count). The Hall–Kier alpha value is -2.29. The number of nitrogens with one attached hydrogen (secondary N) is 1. The first-order valence-electron chi connectivity index (χ1n) is 9.49. The molecular formula is C22H28N2O. The minimum Gasteiger partial charge on any atom is -0.493 e. The summed E-state index contributed by atoms with van der Waals surface area (Å²) in [5.41, 5.74) is 5.88. The van der Waals surface area contributed by atoms with Crippen molar-refractivity contribution < 1.29 is 4.74 Å². The highest BCUT2D eigenvalue weighted by atomic mass is 16.5. The van der Waals surface area contributed by atoms with Gasteiger partial charge in [0, 0.05) is 6.42 Å².